The van der Waals surface area contributed by atoms with Gasteiger partial charge in [-0.3, -0.25) is 14.6 Å². The molecule has 2 bridgehead atoms. The number of amides is 2. The largest absolute Gasteiger partial charge is 0.494 e. The number of carbonyl (C=O) groups is 2. The van der Waals surface area contributed by atoms with E-state index in [4.69, 9.17) is 4.74 Å². The van der Waals surface area contributed by atoms with Crippen molar-refractivity contribution in [2.24, 2.45) is 17.8 Å². The number of sulfone groups is 1. The average Bonchev–Trinajstić information content (AvgIpc) is 3.51. The summed E-state index contributed by atoms with van der Waals surface area (Å²) in [6, 6.07) is 8.77. The van der Waals surface area contributed by atoms with Crippen LogP contribution < -0.4 is 15.4 Å². The Morgan fingerprint density at radius 1 is 1.16 bits per heavy atom. The fourth-order valence-electron chi connectivity index (χ4n) is 5.85. The lowest BCUT2D eigenvalue weighted by atomic mass is 9.92. The molecule has 1 aromatic heterocycles. The summed E-state index contributed by atoms with van der Waals surface area (Å²) in [6.45, 7) is 1.78. The number of aromatic nitrogens is 1. The summed E-state index contributed by atoms with van der Waals surface area (Å²) in [5.41, 5.74) is 0.707. The zero-order valence-electron chi connectivity index (χ0n) is 22.1. The Labute approximate surface area is 224 Å². The van der Waals surface area contributed by atoms with Crippen LogP contribution in [0.15, 0.2) is 47.6 Å². The van der Waals surface area contributed by atoms with Crippen LogP contribution in [0.2, 0.25) is 0 Å². The zero-order chi connectivity index (χ0) is 27.4. The van der Waals surface area contributed by atoms with Crippen LogP contribution >= 0.6 is 0 Å². The molecule has 2 amide bonds. The predicted octanol–water partition coefficient (Wildman–Crippen LogP) is 2.53. The van der Waals surface area contributed by atoms with Crippen LogP contribution in [-0.4, -0.2) is 61.9 Å². The van der Waals surface area contributed by atoms with E-state index in [0.29, 0.717) is 11.8 Å². The monoisotopic (exact) mass is 543 g/mol. The van der Waals surface area contributed by atoms with E-state index in [9.17, 15) is 23.1 Å². The molecule has 4 rings (SSSR count). The van der Waals surface area contributed by atoms with Crippen molar-refractivity contribution >= 4 is 21.7 Å². The van der Waals surface area contributed by atoms with E-state index >= 15 is 0 Å². The van der Waals surface area contributed by atoms with E-state index < -0.39 is 33.8 Å². The Morgan fingerprint density at radius 2 is 1.89 bits per heavy atom. The summed E-state index contributed by atoms with van der Waals surface area (Å²) < 4.78 is 30.0. The van der Waals surface area contributed by atoms with Crippen molar-refractivity contribution in [2.75, 3.05) is 13.4 Å². The van der Waals surface area contributed by atoms with Gasteiger partial charge in [0.05, 0.1) is 25.5 Å². The third-order valence-electron chi connectivity index (χ3n) is 7.91. The van der Waals surface area contributed by atoms with E-state index in [-0.39, 0.29) is 41.0 Å². The smallest absolute Gasteiger partial charge is 0.256 e. The van der Waals surface area contributed by atoms with Gasteiger partial charge in [-0.1, -0.05) is 43.7 Å². The summed E-state index contributed by atoms with van der Waals surface area (Å²) in [7, 11) is -2.46. The lowest BCUT2D eigenvalue weighted by molar-refractivity contribution is -0.126. The minimum absolute atomic E-state index is 0.0111. The van der Waals surface area contributed by atoms with Gasteiger partial charge in [0, 0.05) is 24.4 Å². The average molecular weight is 544 g/mol. The minimum atomic E-state index is -3.79. The number of fused-ring (bicyclic) bond motifs is 2. The van der Waals surface area contributed by atoms with Crippen LogP contribution in [-0.2, 0) is 21.1 Å². The summed E-state index contributed by atoms with van der Waals surface area (Å²) in [5, 5.41) is 17.2. The molecule has 0 saturated heterocycles. The van der Waals surface area contributed by atoms with Gasteiger partial charge in [-0.05, 0) is 49.5 Å². The summed E-state index contributed by atoms with van der Waals surface area (Å²) >= 11 is 0. The van der Waals surface area contributed by atoms with Gasteiger partial charge >= 0.3 is 0 Å². The van der Waals surface area contributed by atoms with Crippen LogP contribution in [0.5, 0.6) is 5.75 Å². The number of hydrogen-bond donors (Lipinski definition) is 3. The van der Waals surface area contributed by atoms with Crippen molar-refractivity contribution < 1.29 is 27.9 Å². The second-order valence-electron chi connectivity index (χ2n) is 10.8. The Bertz CT molecular complexity index is 1250. The fourth-order valence-corrected chi connectivity index (χ4v) is 6.67. The summed E-state index contributed by atoms with van der Waals surface area (Å²) in [4.78, 5) is 30.0. The molecule has 10 heteroatoms. The lowest BCUT2D eigenvalue weighted by Crippen LogP contribution is -2.47. The van der Waals surface area contributed by atoms with Gasteiger partial charge in [0.15, 0.2) is 15.6 Å². The van der Waals surface area contributed by atoms with Crippen molar-refractivity contribution in [3.63, 3.8) is 0 Å². The van der Waals surface area contributed by atoms with Gasteiger partial charge in [0.25, 0.3) is 5.91 Å². The SMILES string of the molecule is COc1cncc(S(C)(=O)=O)c1C(=O)N[C@@H](Cc1ccccc1)[C@@H](O)C[C@@H](C)C(=O)NC1CC2CCC1C2. The van der Waals surface area contributed by atoms with E-state index in [1.165, 1.54) is 26.1 Å². The molecule has 0 spiro atoms. The number of methoxy groups -OCH3 is 1. The summed E-state index contributed by atoms with van der Waals surface area (Å²) in [6.07, 6.45) is 7.34. The van der Waals surface area contributed by atoms with Gasteiger partial charge < -0.3 is 20.5 Å². The van der Waals surface area contributed by atoms with Gasteiger partial charge in [0.2, 0.25) is 5.91 Å². The molecule has 2 saturated carbocycles. The number of carbonyl (C=O) groups excluding carboxylic acids is 2. The molecule has 2 aliphatic rings. The normalized spacial score (nSPS) is 22.9. The van der Waals surface area contributed by atoms with Crippen molar-refractivity contribution in [3.8, 4) is 5.75 Å². The number of benzene rings is 1. The van der Waals surface area contributed by atoms with Crippen LogP contribution in [0.25, 0.3) is 0 Å². The van der Waals surface area contributed by atoms with Crippen molar-refractivity contribution in [2.45, 2.75) is 68.5 Å². The van der Waals surface area contributed by atoms with E-state index in [2.05, 4.69) is 15.6 Å². The van der Waals surface area contributed by atoms with E-state index in [1.54, 1.807) is 6.92 Å². The van der Waals surface area contributed by atoms with Gasteiger partial charge in [-0.2, -0.15) is 0 Å². The number of aliphatic hydroxyl groups is 1. The standard InChI is InChI=1S/C28H37N3O6S/c1-17(27(33)30-21-14-19-9-10-20(21)12-19)11-23(32)22(13-18-7-5-4-6-8-18)31-28(34)26-24(37-2)15-29-16-25(26)38(3,35)36/h4-8,15-17,19-23,32H,9-14H2,1-3H3,(H,30,33)(H,31,34)/t17-,19?,20?,21?,22+,23+/m1/s1. The van der Waals surface area contributed by atoms with E-state index in [1.807, 2.05) is 30.3 Å². The predicted molar refractivity (Wildman–Crippen MR) is 142 cm³/mol. The number of hydrogen-bond acceptors (Lipinski definition) is 7. The van der Waals surface area contributed by atoms with Crippen LogP contribution in [0, 0.1) is 17.8 Å². The number of nitrogens with one attached hydrogen (secondary N) is 2. The number of ether oxygens (including phenoxy) is 1. The number of nitrogens with zero attached hydrogens (tertiary/aromatic N) is 1. The topological polar surface area (TPSA) is 135 Å². The molecule has 206 valence electrons. The maximum atomic E-state index is 13.4. The maximum absolute atomic E-state index is 13.4. The molecule has 6 atom stereocenters. The van der Waals surface area contributed by atoms with Gasteiger partial charge in [-0.25, -0.2) is 8.42 Å². The molecule has 1 aromatic carbocycles. The highest BCUT2D eigenvalue weighted by Crippen LogP contribution is 2.44. The number of aliphatic hydroxyl groups excluding tert-OH is 1. The first kappa shape index (κ1) is 28.0. The molecule has 0 radical (unpaired) electrons. The first-order chi connectivity index (χ1) is 18.1. The molecule has 2 aliphatic carbocycles. The molecule has 3 N–H and O–H groups in total. The second-order valence-corrected chi connectivity index (χ2v) is 12.7. The number of rotatable bonds is 11. The lowest BCUT2D eigenvalue weighted by Gasteiger charge is -2.28. The van der Waals surface area contributed by atoms with Gasteiger partial charge in [0.1, 0.15) is 10.5 Å². The molecule has 1 heterocycles. The molecule has 9 nitrogen and oxygen atoms in total. The Hall–Kier alpha value is -2.98. The Kier molecular flexibility index (Phi) is 8.72. The molecule has 3 unspecified atom stereocenters. The van der Waals surface area contributed by atoms with Crippen LogP contribution in [0.4, 0.5) is 0 Å². The quantitative estimate of drug-likeness (QED) is 0.396. The molecular weight excluding hydrogens is 506 g/mol. The molecular formula is C28H37N3O6S. The second kappa shape index (κ2) is 11.8. The first-order valence-corrected chi connectivity index (χ1v) is 15.0. The third-order valence-corrected chi connectivity index (χ3v) is 9.02. The third kappa shape index (κ3) is 6.53. The highest BCUT2D eigenvalue weighted by molar-refractivity contribution is 7.90. The summed E-state index contributed by atoms with van der Waals surface area (Å²) in [5.74, 6) is -0.00661. The fraction of sp³-hybridized carbons (Fsp3) is 0.536. The van der Waals surface area contributed by atoms with Crippen molar-refractivity contribution in [1.82, 2.24) is 15.6 Å². The molecule has 0 aliphatic heterocycles. The molecule has 2 aromatic rings. The van der Waals surface area contributed by atoms with Crippen molar-refractivity contribution in [1.29, 1.82) is 0 Å². The zero-order valence-corrected chi connectivity index (χ0v) is 22.9. The number of pyridine rings is 1. The molecule has 2 fully saturated rings. The molecule has 38 heavy (non-hydrogen) atoms. The first-order valence-electron chi connectivity index (χ1n) is 13.1. The maximum Gasteiger partial charge on any atom is 0.256 e. The van der Waals surface area contributed by atoms with Crippen molar-refractivity contribution in [3.05, 3.63) is 53.9 Å². The van der Waals surface area contributed by atoms with Gasteiger partial charge in [-0.15, -0.1) is 0 Å². The van der Waals surface area contributed by atoms with E-state index in [0.717, 1.165) is 30.9 Å². The highest BCUT2D eigenvalue weighted by atomic mass is 32.2. The highest BCUT2D eigenvalue weighted by Gasteiger charge is 2.40. The Morgan fingerprint density at radius 3 is 2.50 bits per heavy atom. The van der Waals surface area contributed by atoms with Crippen LogP contribution in [0.3, 0.4) is 0 Å². The minimum Gasteiger partial charge on any atom is -0.494 e. The van der Waals surface area contributed by atoms with Crippen LogP contribution in [0.1, 0.15) is 54.9 Å². The Balaban J connectivity index is 1.51.